The first-order chi connectivity index (χ1) is 15.2. The summed E-state index contributed by atoms with van der Waals surface area (Å²) in [5.41, 5.74) is 0.998. The van der Waals surface area contributed by atoms with Gasteiger partial charge in [-0.15, -0.1) is 13.2 Å². The van der Waals surface area contributed by atoms with Gasteiger partial charge >= 0.3 is 6.36 Å². The van der Waals surface area contributed by atoms with Gasteiger partial charge in [0.25, 0.3) is 11.8 Å². The van der Waals surface area contributed by atoms with Crippen LogP contribution in [0, 0.1) is 0 Å². The maximum Gasteiger partial charge on any atom is 0.573 e. The molecule has 0 bridgehead atoms. The molecule has 2 aromatic rings. The normalized spacial score (nSPS) is 17.7. The second kappa shape index (κ2) is 8.40. The average molecular weight is 449 g/mol. The number of hydrogen-bond donors (Lipinski definition) is 2. The van der Waals surface area contributed by atoms with Gasteiger partial charge < -0.3 is 25.0 Å². The summed E-state index contributed by atoms with van der Waals surface area (Å²) in [7, 11) is 0. The molecule has 0 unspecified atom stereocenters. The zero-order chi connectivity index (χ0) is 22.9. The molecule has 8 nitrogen and oxygen atoms in total. The van der Waals surface area contributed by atoms with Crippen LogP contribution in [0.4, 0.5) is 24.5 Å². The standard InChI is InChI=1S/C21H18F3N3O5/c22-21(23,24)32-14-6-4-13(5-7-14)31-11-18(28)25-12-3-8-16-15(10-12)20(30)27-9-1-2-17(27)19(29)26-16/h3-8,10,17H,1-2,9,11H2,(H,25,28)(H,26,29)/t17-/m1/s1. The molecule has 1 saturated heterocycles. The molecular weight excluding hydrogens is 431 g/mol. The minimum absolute atomic E-state index is 0.176. The predicted octanol–water partition coefficient (Wildman–Crippen LogP) is 3.16. The zero-order valence-corrected chi connectivity index (χ0v) is 16.6. The summed E-state index contributed by atoms with van der Waals surface area (Å²) in [6.45, 7) is 0.0863. The summed E-state index contributed by atoms with van der Waals surface area (Å²) < 4.78 is 45.6. The van der Waals surface area contributed by atoms with E-state index in [1.807, 2.05) is 0 Å². The van der Waals surface area contributed by atoms with Crippen LogP contribution in [0.1, 0.15) is 23.2 Å². The van der Waals surface area contributed by atoms with E-state index in [0.717, 1.165) is 18.6 Å². The molecule has 11 heteroatoms. The lowest BCUT2D eigenvalue weighted by Crippen LogP contribution is -2.40. The minimum atomic E-state index is -4.80. The number of halogens is 3. The van der Waals surface area contributed by atoms with Crippen molar-refractivity contribution in [3.05, 3.63) is 48.0 Å². The van der Waals surface area contributed by atoms with Crippen LogP contribution < -0.4 is 20.1 Å². The van der Waals surface area contributed by atoms with E-state index in [9.17, 15) is 27.6 Å². The van der Waals surface area contributed by atoms with E-state index in [1.165, 1.54) is 23.1 Å². The fourth-order valence-electron chi connectivity index (χ4n) is 3.64. The van der Waals surface area contributed by atoms with E-state index in [-0.39, 0.29) is 23.1 Å². The average Bonchev–Trinajstić information content (AvgIpc) is 3.19. The highest BCUT2D eigenvalue weighted by Crippen LogP contribution is 2.30. The fraction of sp³-hybridized carbons (Fsp3) is 0.286. The highest BCUT2D eigenvalue weighted by atomic mass is 19.4. The Labute approximate surface area is 180 Å². The van der Waals surface area contributed by atoms with Gasteiger partial charge in [0.05, 0.1) is 11.3 Å². The van der Waals surface area contributed by atoms with Crippen molar-refractivity contribution in [1.82, 2.24) is 4.90 Å². The lowest BCUT2D eigenvalue weighted by molar-refractivity contribution is -0.274. The maximum atomic E-state index is 12.8. The van der Waals surface area contributed by atoms with Gasteiger partial charge in [-0.05, 0) is 55.3 Å². The Morgan fingerprint density at radius 1 is 1.12 bits per heavy atom. The van der Waals surface area contributed by atoms with Crippen LogP contribution in [0.5, 0.6) is 11.5 Å². The van der Waals surface area contributed by atoms with Crippen LogP contribution in [0.2, 0.25) is 0 Å². The number of anilines is 2. The molecule has 2 aromatic carbocycles. The Kier molecular flexibility index (Phi) is 5.64. The van der Waals surface area contributed by atoms with Gasteiger partial charge in [-0.2, -0.15) is 0 Å². The van der Waals surface area contributed by atoms with E-state index in [4.69, 9.17) is 4.74 Å². The van der Waals surface area contributed by atoms with Crippen LogP contribution in [-0.2, 0) is 9.59 Å². The smallest absolute Gasteiger partial charge is 0.484 e. The highest BCUT2D eigenvalue weighted by molar-refractivity contribution is 6.11. The van der Waals surface area contributed by atoms with Crippen molar-refractivity contribution in [1.29, 1.82) is 0 Å². The van der Waals surface area contributed by atoms with Crippen LogP contribution in [-0.4, -0.2) is 48.2 Å². The molecule has 168 valence electrons. The van der Waals surface area contributed by atoms with Gasteiger partial charge in [-0.25, -0.2) is 0 Å². The van der Waals surface area contributed by atoms with E-state index < -0.39 is 30.7 Å². The zero-order valence-electron chi connectivity index (χ0n) is 16.6. The third-order valence-corrected chi connectivity index (χ3v) is 5.04. The Hall–Kier alpha value is -3.76. The number of benzene rings is 2. The quantitative estimate of drug-likeness (QED) is 0.731. The van der Waals surface area contributed by atoms with Gasteiger partial charge in [-0.3, -0.25) is 14.4 Å². The number of nitrogens with zero attached hydrogens (tertiary/aromatic N) is 1. The monoisotopic (exact) mass is 449 g/mol. The van der Waals surface area contributed by atoms with Crippen molar-refractivity contribution < 1.29 is 37.0 Å². The second-order valence-electron chi connectivity index (χ2n) is 7.26. The van der Waals surface area contributed by atoms with E-state index in [2.05, 4.69) is 15.4 Å². The number of nitrogens with one attached hydrogen (secondary N) is 2. The van der Waals surface area contributed by atoms with Gasteiger partial charge in [-0.1, -0.05) is 0 Å². The third-order valence-electron chi connectivity index (χ3n) is 5.04. The Balaban J connectivity index is 1.38. The molecule has 0 spiro atoms. The van der Waals surface area contributed by atoms with E-state index in [0.29, 0.717) is 24.3 Å². The molecule has 0 aromatic heterocycles. The SMILES string of the molecule is O=C(COc1ccc(OC(F)(F)F)cc1)Nc1ccc2c(c1)C(=O)N1CCC[C@@H]1C(=O)N2. The highest BCUT2D eigenvalue weighted by Gasteiger charge is 2.38. The summed E-state index contributed by atoms with van der Waals surface area (Å²) in [5, 5.41) is 5.35. The molecule has 2 aliphatic rings. The molecule has 32 heavy (non-hydrogen) atoms. The molecular formula is C21H18F3N3O5. The largest absolute Gasteiger partial charge is 0.573 e. The molecule has 3 amide bonds. The molecule has 1 atom stereocenters. The molecule has 1 fully saturated rings. The number of alkyl halides is 3. The number of amides is 3. The van der Waals surface area contributed by atoms with Gasteiger partial charge in [0.2, 0.25) is 5.91 Å². The molecule has 2 heterocycles. The molecule has 0 radical (unpaired) electrons. The number of carbonyl (C=O) groups is 3. The molecule has 0 saturated carbocycles. The van der Waals surface area contributed by atoms with Crippen molar-refractivity contribution in [2.24, 2.45) is 0 Å². The summed E-state index contributed by atoms with van der Waals surface area (Å²) in [6, 6.07) is 8.70. The lowest BCUT2D eigenvalue weighted by atomic mass is 10.1. The molecule has 2 N–H and O–H groups in total. The summed E-state index contributed by atoms with van der Waals surface area (Å²) >= 11 is 0. The first-order valence-corrected chi connectivity index (χ1v) is 9.74. The van der Waals surface area contributed by atoms with Crippen molar-refractivity contribution in [3.63, 3.8) is 0 Å². The Morgan fingerprint density at radius 2 is 1.84 bits per heavy atom. The fourth-order valence-corrected chi connectivity index (χ4v) is 3.64. The number of hydrogen-bond acceptors (Lipinski definition) is 5. The summed E-state index contributed by atoms with van der Waals surface area (Å²) in [6.07, 6.45) is -3.44. The van der Waals surface area contributed by atoms with Gasteiger partial charge in [0.1, 0.15) is 17.5 Å². The first kappa shape index (κ1) is 21.5. The number of rotatable bonds is 5. The van der Waals surface area contributed by atoms with Crippen molar-refractivity contribution in [2.45, 2.75) is 25.2 Å². The van der Waals surface area contributed by atoms with Crippen LogP contribution >= 0.6 is 0 Å². The van der Waals surface area contributed by atoms with Gasteiger partial charge in [0, 0.05) is 12.2 Å². The topological polar surface area (TPSA) is 97.0 Å². The van der Waals surface area contributed by atoms with Crippen molar-refractivity contribution in [2.75, 3.05) is 23.8 Å². The molecule has 2 aliphatic heterocycles. The van der Waals surface area contributed by atoms with Crippen LogP contribution in [0.3, 0.4) is 0 Å². The number of carbonyl (C=O) groups excluding carboxylic acids is 3. The minimum Gasteiger partial charge on any atom is -0.484 e. The van der Waals surface area contributed by atoms with Crippen molar-refractivity contribution in [3.8, 4) is 11.5 Å². The number of ether oxygens (including phenoxy) is 2. The Morgan fingerprint density at radius 3 is 2.56 bits per heavy atom. The van der Waals surface area contributed by atoms with E-state index in [1.54, 1.807) is 12.1 Å². The summed E-state index contributed by atoms with van der Waals surface area (Å²) in [5.74, 6) is -1.28. The second-order valence-corrected chi connectivity index (χ2v) is 7.26. The predicted molar refractivity (Wildman–Crippen MR) is 106 cm³/mol. The maximum absolute atomic E-state index is 12.8. The lowest BCUT2D eigenvalue weighted by Gasteiger charge is -2.20. The van der Waals surface area contributed by atoms with Crippen LogP contribution in [0.15, 0.2) is 42.5 Å². The first-order valence-electron chi connectivity index (χ1n) is 9.74. The van der Waals surface area contributed by atoms with Crippen LogP contribution in [0.25, 0.3) is 0 Å². The van der Waals surface area contributed by atoms with E-state index >= 15 is 0 Å². The molecule has 0 aliphatic carbocycles. The summed E-state index contributed by atoms with van der Waals surface area (Å²) in [4.78, 5) is 38.9. The number of fused-ring (bicyclic) bond motifs is 2. The Bertz CT molecular complexity index is 1060. The molecule has 4 rings (SSSR count). The third kappa shape index (κ3) is 4.76. The van der Waals surface area contributed by atoms with Gasteiger partial charge in [0.15, 0.2) is 6.61 Å². The van der Waals surface area contributed by atoms with Crippen molar-refractivity contribution >= 4 is 29.1 Å².